The molecule has 1 saturated heterocycles. The molecule has 0 saturated carbocycles. The Morgan fingerprint density at radius 3 is 3.08 bits per heavy atom. The maximum atomic E-state index is 5.96. The van der Waals surface area contributed by atoms with Crippen LogP contribution in [0.2, 0.25) is 0 Å². The van der Waals surface area contributed by atoms with E-state index >= 15 is 0 Å². The van der Waals surface area contributed by atoms with Gasteiger partial charge in [-0.25, -0.2) is 4.98 Å². The summed E-state index contributed by atoms with van der Waals surface area (Å²) in [7, 11) is 0. The Labute approximate surface area is 147 Å². The molecule has 1 atom stereocenters. The summed E-state index contributed by atoms with van der Waals surface area (Å²) in [6, 6.07) is 12.7. The third-order valence-electron chi connectivity index (χ3n) is 4.85. The molecule has 0 unspecified atom stereocenters. The van der Waals surface area contributed by atoms with E-state index in [2.05, 4.69) is 39.1 Å². The van der Waals surface area contributed by atoms with Crippen molar-refractivity contribution >= 4 is 16.7 Å². The number of benzene rings is 1. The summed E-state index contributed by atoms with van der Waals surface area (Å²) >= 11 is 0. The molecule has 130 valence electrons. The standard InChI is InChI=1S/C20H24N4O/c21-20-12-15(5-7-23-20)2-4-18-14-24(9-10-25-18)13-16-1-3-17-6-8-22-19(17)11-16/h1,3,5-8,11-12,18,22H,2,4,9-10,13-14H2,(H2,21,23)/t18-/m0/s1. The van der Waals surface area contributed by atoms with Crippen LogP contribution in [0.5, 0.6) is 0 Å². The summed E-state index contributed by atoms with van der Waals surface area (Å²) in [6.45, 7) is 3.73. The normalized spacial score (nSPS) is 18.6. The highest BCUT2D eigenvalue weighted by Crippen LogP contribution is 2.18. The number of pyridine rings is 1. The van der Waals surface area contributed by atoms with E-state index in [0.29, 0.717) is 5.82 Å². The molecule has 0 spiro atoms. The third-order valence-corrected chi connectivity index (χ3v) is 4.85. The van der Waals surface area contributed by atoms with Crippen molar-refractivity contribution in [3.8, 4) is 0 Å². The van der Waals surface area contributed by atoms with Crippen LogP contribution in [0.15, 0.2) is 48.8 Å². The summed E-state index contributed by atoms with van der Waals surface area (Å²) in [5, 5.41) is 1.26. The molecule has 0 radical (unpaired) electrons. The van der Waals surface area contributed by atoms with Crippen molar-refractivity contribution in [2.45, 2.75) is 25.5 Å². The molecule has 2 aromatic heterocycles. The maximum Gasteiger partial charge on any atom is 0.123 e. The number of aryl methyl sites for hydroxylation is 1. The highest BCUT2D eigenvalue weighted by Gasteiger charge is 2.20. The van der Waals surface area contributed by atoms with Crippen molar-refractivity contribution in [2.75, 3.05) is 25.4 Å². The van der Waals surface area contributed by atoms with E-state index in [1.165, 1.54) is 22.0 Å². The Kier molecular flexibility index (Phi) is 4.68. The van der Waals surface area contributed by atoms with Crippen LogP contribution in [0.25, 0.3) is 10.9 Å². The van der Waals surface area contributed by atoms with Crippen molar-refractivity contribution in [1.29, 1.82) is 0 Å². The number of hydrogen-bond donors (Lipinski definition) is 2. The van der Waals surface area contributed by atoms with Gasteiger partial charge in [0, 0.05) is 37.5 Å². The number of aromatic nitrogens is 2. The number of fused-ring (bicyclic) bond motifs is 1. The molecular formula is C20H24N4O. The molecule has 1 fully saturated rings. The van der Waals surface area contributed by atoms with Crippen LogP contribution < -0.4 is 5.73 Å². The van der Waals surface area contributed by atoms with Crippen LogP contribution in [0.1, 0.15) is 17.5 Å². The van der Waals surface area contributed by atoms with Gasteiger partial charge in [-0.1, -0.05) is 12.1 Å². The van der Waals surface area contributed by atoms with Crippen molar-refractivity contribution in [3.05, 3.63) is 59.9 Å². The van der Waals surface area contributed by atoms with Gasteiger partial charge in [-0.3, -0.25) is 4.90 Å². The number of hydrogen-bond acceptors (Lipinski definition) is 4. The predicted octanol–water partition coefficient (Wildman–Crippen LogP) is 2.98. The van der Waals surface area contributed by atoms with Crippen LogP contribution in [0, 0.1) is 0 Å². The molecule has 1 aromatic carbocycles. The van der Waals surface area contributed by atoms with E-state index in [1.54, 1.807) is 6.20 Å². The highest BCUT2D eigenvalue weighted by molar-refractivity contribution is 5.79. The van der Waals surface area contributed by atoms with Gasteiger partial charge in [0.2, 0.25) is 0 Å². The zero-order valence-electron chi connectivity index (χ0n) is 14.3. The molecule has 1 aliphatic heterocycles. The molecule has 0 bridgehead atoms. The molecule has 1 aliphatic rings. The van der Waals surface area contributed by atoms with E-state index in [4.69, 9.17) is 10.5 Å². The van der Waals surface area contributed by atoms with Gasteiger partial charge in [-0.05, 0) is 53.6 Å². The van der Waals surface area contributed by atoms with E-state index in [1.807, 2.05) is 18.3 Å². The van der Waals surface area contributed by atoms with E-state index < -0.39 is 0 Å². The van der Waals surface area contributed by atoms with Crippen molar-refractivity contribution in [3.63, 3.8) is 0 Å². The second-order valence-electron chi connectivity index (χ2n) is 6.75. The van der Waals surface area contributed by atoms with Gasteiger partial charge in [0.15, 0.2) is 0 Å². The number of nitrogen functional groups attached to an aromatic ring is 1. The maximum absolute atomic E-state index is 5.96. The van der Waals surface area contributed by atoms with E-state index in [-0.39, 0.29) is 6.10 Å². The molecule has 0 amide bonds. The zero-order chi connectivity index (χ0) is 17.1. The van der Waals surface area contributed by atoms with Crippen LogP contribution in [-0.2, 0) is 17.7 Å². The SMILES string of the molecule is Nc1cc(CC[C@H]2CN(Cc3ccc4cc[nH]c4c3)CCO2)ccn1. The minimum atomic E-state index is 0.275. The van der Waals surface area contributed by atoms with Gasteiger partial charge in [-0.15, -0.1) is 0 Å². The Bertz CT molecular complexity index is 844. The number of morpholine rings is 1. The number of nitrogens with zero attached hydrogens (tertiary/aromatic N) is 2. The fourth-order valence-corrected chi connectivity index (χ4v) is 3.53. The lowest BCUT2D eigenvalue weighted by atomic mass is 10.1. The number of ether oxygens (including phenoxy) is 1. The molecule has 5 heteroatoms. The molecule has 3 aromatic rings. The molecule has 3 heterocycles. The zero-order valence-corrected chi connectivity index (χ0v) is 14.3. The first kappa shape index (κ1) is 16.1. The average molecular weight is 336 g/mol. The summed E-state index contributed by atoms with van der Waals surface area (Å²) in [6.07, 6.45) is 6.02. The van der Waals surface area contributed by atoms with Crippen LogP contribution >= 0.6 is 0 Å². The van der Waals surface area contributed by atoms with E-state index in [0.717, 1.165) is 39.1 Å². The Balaban J connectivity index is 1.34. The summed E-state index contributed by atoms with van der Waals surface area (Å²) < 4.78 is 5.96. The third kappa shape index (κ3) is 4.00. The van der Waals surface area contributed by atoms with E-state index in [9.17, 15) is 0 Å². The van der Waals surface area contributed by atoms with Crippen LogP contribution in [-0.4, -0.2) is 40.7 Å². The summed E-state index contributed by atoms with van der Waals surface area (Å²) in [4.78, 5) is 9.82. The highest BCUT2D eigenvalue weighted by atomic mass is 16.5. The van der Waals surface area contributed by atoms with Crippen molar-refractivity contribution in [2.24, 2.45) is 0 Å². The van der Waals surface area contributed by atoms with Crippen LogP contribution in [0.4, 0.5) is 5.82 Å². The van der Waals surface area contributed by atoms with Gasteiger partial charge in [0.05, 0.1) is 12.7 Å². The lowest BCUT2D eigenvalue weighted by Gasteiger charge is -2.33. The first-order chi connectivity index (χ1) is 12.3. The second kappa shape index (κ2) is 7.25. The van der Waals surface area contributed by atoms with Gasteiger partial charge < -0.3 is 15.5 Å². The first-order valence-electron chi connectivity index (χ1n) is 8.87. The summed E-state index contributed by atoms with van der Waals surface area (Å²) in [5.41, 5.74) is 9.53. The molecule has 5 nitrogen and oxygen atoms in total. The lowest BCUT2D eigenvalue weighted by molar-refractivity contribution is -0.0345. The second-order valence-corrected chi connectivity index (χ2v) is 6.75. The number of anilines is 1. The number of aromatic amines is 1. The Morgan fingerprint density at radius 2 is 2.16 bits per heavy atom. The van der Waals surface area contributed by atoms with Crippen LogP contribution in [0.3, 0.4) is 0 Å². The molecule has 0 aliphatic carbocycles. The Hall–Kier alpha value is -2.37. The number of rotatable bonds is 5. The lowest BCUT2D eigenvalue weighted by Crippen LogP contribution is -2.42. The average Bonchev–Trinajstić information content (AvgIpc) is 3.08. The van der Waals surface area contributed by atoms with Gasteiger partial charge >= 0.3 is 0 Å². The largest absolute Gasteiger partial charge is 0.384 e. The first-order valence-corrected chi connectivity index (χ1v) is 8.87. The summed E-state index contributed by atoms with van der Waals surface area (Å²) in [5.74, 6) is 0.586. The van der Waals surface area contributed by atoms with Crippen molar-refractivity contribution < 1.29 is 4.74 Å². The fraction of sp³-hybridized carbons (Fsp3) is 0.350. The molecular weight excluding hydrogens is 312 g/mol. The minimum Gasteiger partial charge on any atom is -0.384 e. The smallest absolute Gasteiger partial charge is 0.123 e. The quantitative estimate of drug-likeness (QED) is 0.752. The fourth-order valence-electron chi connectivity index (χ4n) is 3.53. The number of nitrogens with one attached hydrogen (secondary N) is 1. The molecule has 25 heavy (non-hydrogen) atoms. The number of nitrogens with two attached hydrogens (primary N) is 1. The van der Waals surface area contributed by atoms with Gasteiger partial charge in [-0.2, -0.15) is 0 Å². The topological polar surface area (TPSA) is 67.2 Å². The minimum absolute atomic E-state index is 0.275. The monoisotopic (exact) mass is 336 g/mol. The Morgan fingerprint density at radius 1 is 1.20 bits per heavy atom. The van der Waals surface area contributed by atoms with Gasteiger partial charge in [0.25, 0.3) is 0 Å². The number of H-pyrrole nitrogens is 1. The predicted molar refractivity (Wildman–Crippen MR) is 100 cm³/mol. The molecule has 3 N–H and O–H groups in total. The molecule has 4 rings (SSSR count). The van der Waals surface area contributed by atoms with Crippen molar-refractivity contribution in [1.82, 2.24) is 14.9 Å². The van der Waals surface area contributed by atoms with Gasteiger partial charge in [0.1, 0.15) is 5.82 Å².